The lowest BCUT2D eigenvalue weighted by Gasteiger charge is -2.24. The largest absolute Gasteiger partial charge is 0.493 e. The quantitative estimate of drug-likeness (QED) is 0.794. The Labute approximate surface area is 136 Å². The maximum absolute atomic E-state index is 12.3. The van der Waals surface area contributed by atoms with Gasteiger partial charge in [0.05, 0.1) is 12.5 Å². The molecule has 120 valence electrons. The summed E-state index contributed by atoms with van der Waals surface area (Å²) in [6.45, 7) is 3.09. The van der Waals surface area contributed by atoms with E-state index in [1.54, 1.807) is 0 Å². The molecule has 0 bridgehead atoms. The summed E-state index contributed by atoms with van der Waals surface area (Å²) in [5.74, 6) is 1.13. The van der Waals surface area contributed by atoms with Crippen molar-refractivity contribution >= 4 is 5.97 Å². The molecule has 2 aromatic rings. The summed E-state index contributed by atoms with van der Waals surface area (Å²) >= 11 is 0. The highest BCUT2D eigenvalue weighted by Gasteiger charge is 2.27. The van der Waals surface area contributed by atoms with Crippen molar-refractivity contribution in [1.29, 1.82) is 0 Å². The first-order chi connectivity index (χ1) is 11.3. The van der Waals surface area contributed by atoms with Crippen molar-refractivity contribution in [1.82, 2.24) is 0 Å². The molecule has 3 rings (SSSR count). The Morgan fingerprint density at radius 2 is 1.96 bits per heavy atom. The summed E-state index contributed by atoms with van der Waals surface area (Å²) in [6.07, 6.45) is 0.655. The third-order valence-corrected chi connectivity index (χ3v) is 3.85. The zero-order chi connectivity index (χ0) is 16.1. The van der Waals surface area contributed by atoms with Gasteiger partial charge in [-0.25, -0.2) is 0 Å². The molecule has 4 heteroatoms. The van der Waals surface area contributed by atoms with Crippen LogP contribution in [0.1, 0.15) is 18.1 Å². The van der Waals surface area contributed by atoms with Gasteiger partial charge in [0.15, 0.2) is 0 Å². The number of rotatable bonds is 5. The molecule has 1 aliphatic rings. The molecule has 2 aromatic carbocycles. The van der Waals surface area contributed by atoms with E-state index in [0.717, 1.165) is 22.6 Å². The Hall–Kier alpha value is -2.49. The van der Waals surface area contributed by atoms with E-state index in [-0.39, 0.29) is 18.5 Å². The van der Waals surface area contributed by atoms with Gasteiger partial charge in [0.2, 0.25) is 0 Å². The van der Waals surface area contributed by atoms with Crippen molar-refractivity contribution in [2.45, 2.75) is 20.0 Å². The van der Waals surface area contributed by atoms with Crippen LogP contribution in [0, 0.1) is 5.92 Å². The smallest absolute Gasteiger partial charge is 0.313 e. The highest BCUT2D eigenvalue weighted by atomic mass is 16.5. The molecule has 23 heavy (non-hydrogen) atoms. The van der Waals surface area contributed by atoms with Gasteiger partial charge in [-0.3, -0.25) is 4.79 Å². The van der Waals surface area contributed by atoms with Crippen LogP contribution in [0.5, 0.6) is 11.5 Å². The van der Waals surface area contributed by atoms with Gasteiger partial charge >= 0.3 is 5.97 Å². The molecule has 0 amide bonds. The minimum absolute atomic E-state index is 0.215. The molecular weight excluding hydrogens is 292 g/mol. The van der Waals surface area contributed by atoms with Gasteiger partial charge in [-0.15, -0.1) is 0 Å². The Balaban J connectivity index is 1.60. The minimum atomic E-state index is -0.260. The Bertz CT molecular complexity index is 681. The fourth-order valence-corrected chi connectivity index (χ4v) is 2.67. The maximum Gasteiger partial charge on any atom is 0.313 e. The normalized spacial score (nSPS) is 16.1. The zero-order valence-corrected chi connectivity index (χ0v) is 13.2. The van der Waals surface area contributed by atoms with Crippen LogP contribution in [0.2, 0.25) is 0 Å². The highest BCUT2D eigenvalue weighted by Crippen LogP contribution is 2.28. The van der Waals surface area contributed by atoms with E-state index in [1.807, 2.05) is 55.5 Å². The van der Waals surface area contributed by atoms with Gasteiger partial charge in [0.1, 0.15) is 24.7 Å². The van der Waals surface area contributed by atoms with Gasteiger partial charge in [0.25, 0.3) is 0 Å². The summed E-state index contributed by atoms with van der Waals surface area (Å²) in [4.78, 5) is 12.3. The maximum atomic E-state index is 12.3. The number of hydrogen-bond acceptors (Lipinski definition) is 4. The second-order valence-electron chi connectivity index (χ2n) is 5.47. The van der Waals surface area contributed by atoms with Crippen LogP contribution >= 0.6 is 0 Å². The van der Waals surface area contributed by atoms with Gasteiger partial charge in [-0.2, -0.15) is 0 Å². The molecule has 0 radical (unpaired) electrons. The van der Waals surface area contributed by atoms with Crippen LogP contribution in [-0.4, -0.2) is 19.2 Å². The van der Waals surface area contributed by atoms with Gasteiger partial charge < -0.3 is 14.2 Å². The summed E-state index contributed by atoms with van der Waals surface area (Å²) in [5, 5.41) is 0. The summed E-state index contributed by atoms with van der Waals surface area (Å²) in [5.41, 5.74) is 1.93. The Morgan fingerprint density at radius 3 is 2.83 bits per heavy atom. The van der Waals surface area contributed by atoms with Crippen molar-refractivity contribution in [3.63, 3.8) is 0 Å². The monoisotopic (exact) mass is 312 g/mol. The molecule has 0 saturated heterocycles. The van der Waals surface area contributed by atoms with E-state index in [2.05, 4.69) is 0 Å². The number of carbonyl (C=O) groups excluding carboxylic acids is 1. The van der Waals surface area contributed by atoms with Crippen molar-refractivity contribution in [2.24, 2.45) is 5.92 Å². The number of hydrogen-bond donors (Lipinski definition) is 0. The van der Waals surface area contributed by atoms with E-state index in [0.29, 0.717) is 19.6 Å². The molecule has 1 unspecified atom stereocenters. The van der Waals surface area contributed by atoms with Crippen LogP contribution in [-0.2, 0) is 22.6 Å². The topological polar surface area (TPSA) is 44.8 Å². The number of esters is 1. The fraction of sp³-hybridized carbons (Fsp3) is 0.316. The lowest BCUT2D eigenvalue weighted by atomic mass is 9.97. The number of carbonyl (C=O) groups is 1. The molecule has 0 spiro atoms. The number of ether oxygens (including phenoxy) is 3. The predicted molar refractivity (Wildman–Crippen MR) is 86.5 cm³/mol. The van der Waals surface area contributed by atoms with Crippen molar-refractivity contribution in [2.75, 3.05) is 13.2 Å². The van der Waals surface area contributed by atoms with Gasteiger partial charge in [-0.1, -0.05) is 36.4 Å². The van der Waals surface area contributed by atoms with Gasteiger partial charge in [-0.05, 0) is 31.0 Å². The first-order valence-electron chi connectivity index (χ1n) is 7.86. The molecule has 0 N–H and O–H groups in total. The first-order valence-corrected chi connectivity index (χ1v) is 7.86. The Morgan fingerprint density at radius 1 is 1.17 bits per heavy atom. The first kappa shape index (κ1) is 15.4. The average molecular weight is 312 g/mol. The average Bonchev–Trinajstić information content (AvgIpc) is 2.60. The molecule has 0 aliphatic carbocycles. The van der Waals surface area contributed by atoms with E-state index in [4.69, 9.17) is 14.2 Å². The van der Waals surface area contributed by atoms with Crippen LogP contribution in [0.4, 0.5) is 0 Å². The Kier molecular flexibility index (Phi) is 4.81. The SMILES string of the molecule is CCOc1ccccc1COC(=O)C1COc2ccccc2C1. The molecule has 0 saturated carbocycles. The van der Waals surface area contributed by atoms with Crippen LogP contribution in [0.15, 0.2) is 48.5 Å². The predicted octanol–water partition coefficient (Wildman–Crippen LogP) is 3.38. The molecule has 0 fully saturated rings. The van der Waals surface area contributed by atoms with E-state index in [1.165, 1.54) is 0 Å². The number of fused-ring (bicyclic) bond motifs is 1. The van der Waals surface area contributed by atoms with Crippen LogP contribution < -0.4 is 9.47 Å². The van der Waals surface area contributed by atoms with Gasteiger partial charge in [0, 0.05) is 5.56 Å². The van der Waals surface area contributed by atoms with Crippen LogP contribution in [0.25, 0.3) is 0 Å². The van der Waals surface area contributed by atoms with E-state index in [9.17, 15) is 4.79 Å². The third kappa shape index (κ3) is 3.65. The standard InChI is InChI=1S/C19H20O4/c1-2-21-18-10-6-4-8-15(18)12-23-19(20)16-11-14-7-3-5-9-17(14)22-13-16/h3-10,16H,2,11-13H2,1H3. The number of para-hydroxylation sites is 2. The fourth-order valence-electron chi connectivity index (χ4n) is 2.67. The summed E-state index contributed by atoms with van der Waals surface area (Å²) in [7, 11) is 0. The minimum Gasteiger partial charge on any atom is -0.493 e. The van der Waals surface area contributed by atoms with Crippen molar-refractivity contribution in [3.8, 4) is 11.5 Å². The second kappa shape index (κ2) is 7.18. The van der Waals surface area contributed by atoms with E-state index >= 15 is 0 Å². The summed E-state index contributed by atoms with van der Waals surface area (Å²) in [6, 6.07) is 15.4. The zero-order valence-electron chi connectivity index (χ0n) is 13.2. The second-order valence-corrected chi connectivity index (χ2v) is 5.47. The summed E-state index contributed by atoms with van der Waals surface area (Å²) < 4.78 is 16.7. The lowest BCUT2D eigenvalue weighted by molar-refractivity contribution is -0.151. The molecule has 4 nitrogen and oxygen atoms in total. The molecule has 1 aliphatic heterocycles. The van der Waals surface area contributed by atoms with Crippen molar-refractivity contribution in [3.05, 3.63) is 59.7 Å². The lowest BCUT2D eigenvalue weighted by Crippen LogP contribution is -2.29. The van der Waals surface area contributed by atoms with Crippen molar-refractivity contribution < 1.29 is 19.0 Å². The molecule has 1 heterocycles. The van der Waals surface area contributed by atoms with E-state index < -0.39 is 0 Å². The molecule has 1 atom stereocenters. The number of benzene rings is 2. The highest BCUT2D eigenvalue weighted by molar-refractivity contribution is 5.73. The molecule has 0 aromatic heterocycles. The molecular formula is C19H20O4. The third-order valence-electron chi connectivity index (χ3n) is 3.85. The van der Waals surface area contributed by atoms with Crippen LogP contribution in [0.3, 0.4) is 0 Å².